The molecular formula is C12H7Cl2F6N4OS2+. The minimum Gasteiger partial charge on any atom is -0.388 e. The molecule has 1 atom stereocenters. The first-order valence-electron chi connectivity index (χ1n) is 6.44. The molecule has 0 radical (unpaired) electrons. The summed E-state index contributed by atoms with van der Waals surface area (Å²) in [5.41, 5.74) is 3.53. The highest BCUT2D eigenvalue weighted by Crippen LogP contribution is 2.37. The number of aromatic nitrogens is 2. The number of nitrogens with one attached hydrogen (secondary N) is 1. The molecule has 0 bridgehead atoms. The molecule has 1 aromatic carbocycles. The fourth-order valence-electron chi connectivity index (χ4n) is 2.04. The van der Waals surface area contributed by atoms with E-state index in [1.165, 1.54) is 0 Å². The average molecular weight is 472 g/mol. The summed E-state index contributed by atoms with van der Waals surface area (Å²) in [5.74, 6) is -0.794. The number of H-pyrrole nitrogens is 1. The van der Waals surface area contributed by atoms with E-state index in [1.807, 2.05) is 0 Å². The van der Waals surface area contributed by atoms with Crippen molar-refractivity contribution in [3.05, 3.63) is 33.4 Å². The van der Waals surface area contributed by atoms with Gasteiger partial charge in [-0.05, 0) is 12.1 Å². The van der Waals surface area contributed by atoms with Crippen molar-refractivity contribution in [3.63, 3.8) is 0 Å². The highest BCUT2D eigenvalue weighted by atomic mass is 35.5. The van der Waals surface area contributed by atoms with E-state index >= 15 is 0 Å². The number of rotatable bonds is 3. The quantitative estimate of drug-likeness (QED) is 0.363. The number of thiocarbonyl (C=S) groups is 1. The third kappa shape index (κ3) is 4.15. The summed E-state index contributed by atoms with van der Waals surface area (Å²) < 4.78 is 89.4. The molecule has 0 aliphatic heterocycles. The van der Waals surface area contributed by atoms with Gasteiger partial charge in [0.2, 0.25) is 0 Å². The molecule has 1 unspecified atom stereocenters. The van der Waals surface area contributed by atoms with E-state index in [4.69, 9.17) is 34.7 Å². The van der Waals surface area contributed by atoms with Gasteiger partial charge in [-0.2, -0.15) is 26.3 Å². The van der Waals surface area contributed by atoms with Gasteiger partial charge in [-0.3, -0.25) is 5.73 Å². The molecule has 0 aliphatic rings. The van der Waals surface area contributed by atoms with Crippen molar-refractivity contribution in [2.45, 2.75) is 16.6 Å². The maximum Gasteiger partial charge on any atom is 0.476 e. The van der Waals surface area contributed by atoms with Gasteiger partial charge < -0.3 is 5.73 Å². The molecule has 27 heavy (non-hydrogen) atoms. The van der Waals surface area contributed by atoms with Crippen molar-refractivity contribution in [3.8, 4) is 5.69 Å². The molecule has 5 N–H and O–H groups in total. The molecule has 5 nitrogen and oxygen atoms in total. The lowest BCUT2D eigenvalue weighted by Gasteiger charge is -2.10. The van der Waals surface area contributed by atoms with E-state index in [0.29, 0.717) is 16.8 Å². The van der Waals surface area contributed by atoms with Gasteiger partial charge in [0.25, 0.3) is 0 Å². The van der Waals surface area contributed by atoms with Crippen molar-refractivity contribution >= 4 is 57.0 Å². The number of hydrogen-bond acceptors (Lipinski definition) is 3. The van der Waals surface area contributed by atoms with Gasteiger partial charge in [0, 0.05) is 0 Å². The Bertz CT molecular complexity index is 934. The van der Waals surface area contributed by atoms with Crippen LogP contribution < -0.4 is 16.1 Å². The third-order valence-corrected chi connectivity index (χ3v) is 5.12. The van der Waals surface area contributed by atoms with E-state index in [2.05, 4.69) is 17.3 Å². The van der Waals surface area contributed by atoms with Crippen molar-refractivity contribution in [2.24, 2.45) is 5.73 Å². The second kappa shape index (κ2) is 7.11. The molecule has 0 amide bonds. The molecular weight excluding hydrogens is 465 g/mol. The molecule has 1 aromatic heterocycles. The van der Waals surface area contributed by atoms with Gasteiger partial charge in [0.15, 0.2) is 21.4 Å². The lowest BCUT2D eigenvalue weighted by atomic mass is 10.2. The first-order chi connectivity index (χ1) is 12.2. The number of anilines is 1. The number of hydrogen-bond donors (Lipinski definition) is 3. The van der Waals surface area contributed by atoms with Crippen LogP contribution in [0.3, 0.4) is 0 Å². The molecule has 2 aromatic rings. The number of nitrogen functional groups attached to an aromatic ring is 1. The van der Waals surface area contributed by atoms with Crippen LogP contribution in [0.2, 0.25) is 10.0 Å². The molecule has 0 saturated carbocycles. The zero-order valence-corrected chi connectivity index (χ0v) is 15.6. The van der Waals surface area contributed by atoms with E-state index in [-0.39, 0.29) is 0 Å². The summed E-state index contributed by atoms with van der Waals surface area (Å²) in [5, 5.41) is 1.06. The van der Waals surface area contributed by atoms with Crippen LogP contribution in [0.4, 0.5) is 32.2 Å². The summed E-state index contributed by atoms with van der Waals surface area (Å²) in [6, 6.07) is 0.994. The Balaban J connectivity index is 2.79. The molecule has 0 fully saturated rings. The van der Waals surface area contributed by atoms with E-state index in [9.17, 15) is 30.6 Å². The largest absolute Gasteiger partial charge is 0.476 e. The Labute approximate surface area is 164 Å². The van der Waals surface area contributed by atoms with E-state index in [1.54, 1.807) is 0 Å². The first-order valence-corrected chi connectivity index (χ1v) is 8.76. The fourth-order valence-corrected chi connectivity index (χ4v) is 3.76. The van der Waals surface area contributed by atoms with Gasteiger partial charge in [0.05, 0.1) is 15.6 Å². The van der Waals surface area contributed by atoms with Gasteiger partial charge in [-0.25, -0.2) is 9.31 Å². The number of benzene rings is 1. The van der Waals surface area contributed by atoms with Gasteiger partial charge in [-0.15, -0.1) is 4.68 Å². The van der Waals surface area contributed by atoms with Crippen LogP contribution in [0.5, 0.6) is 0 Å². The standard InChI is InChI=1S/C12H6Cl2F6N4OS2/c13-4-1-3(11(15,16)17)2-5(14)7(4)24-9(21)8(6(23-24)10(22)26)27(25)12(18,19)20/h1-2H,(H4,21,22,23,26)/p+1. The Hall–Kier alpha value is -1.57. The van der Waals surface area contributed by atoms with Crippen molar-refractivity contribution in [2.75, 3.05) is 5.73 Å². The summed E-state index contributed by atoms with van der Waals surface area (Å²) in [7, 11) is -3.64. The molecule has 2 rings (SSSR count). The lowest BCUT2D eigenvalue weighted by Crippen LogP contribution is -2.37. The normalized spacial score (nSPS) is 13.6. The van der Waals surface area contributed by atoms with Crippen LogP contribution in [0.1, 0.15) is 11.3 Å². The number of halogens is 8. The maximum absolute atomic E-state index is 12.9. The van der Waals surface area contributed by atoms with Crippen LogP contribution in [-0.4, -0.2) is 19.8 Å². The highest BCUT2D eigenvalue weighted by Gasteiger charge is 2.45. The lowest BCUT2D eigenvalue weighted by molar-refractivity contribution is -0.641. The second-order valence-electron chi connectivity index (χ2n) is 4.90. The van der Waals surface area contributed by atoms with Crippen LogP contribution in [0.15, 0.2) is 17.0 Å². The predicted molar refractivity (Wildman–Crippen MR) is 90.1 cm³/mol. The Morgan fingerprint density at radius 1 is 1.15 bits per heavy atom. The van der Waals surface area contributed by atoms with E-state index < -0.39 is 65.2 Å². The molecule has 15 heteroatoms. The predicted octanol–water partition coefficient (Wildman–Crippen LogP) is 3.46. The van der Waals surface area contributed by atoms with Crippen LogP contribution in [0, 0.1) is 0 Å². The zero-order chi connectivity index (χ0) is 20.9. The summed E-state index contributed by atoms with van der Waals surface area (Å²) >= 11 is 16.2. The summed E-state index contributed by atoms with van der Waals surface area (Å²) in [6.45, 7) is 0. The highest BCUT2D eigenvalue weighted by molar-refractivity contribution is 7.86. The zero-order valence-electron chi connectivity index (χ0n) is 12.5. The van der Waals surface area contributed by atoms with Gasteiger partial charge >= 0.3 is 17.5 Å². The third-order valence-electron chi connectivity index (χ3n) is 3.13. The first kappa shape index (κ1) is 21.7. The molecule has 0 aliphatic carbocycles. The monoisotopic (exact) mass is 471 g/mol. The minimum absolute atomic E-state index is 0.410. The van der Waals surface area contributed by atoms with E-state index in [0.717, 1.165) is 0 Å². The minimum atomic E-state index is -5.21. The number of nitrogens with two attached hydrogens (primary N) is 2. The smallest absolute Gasteiger partial charge is 0.388 e. The maximum atomic E-state index is 12.9. The number of nitrogens with zero attached hydrogens (tertiary/aromatic N) is 1. The van der Waals surface area contributed by atoms with Crippen LogP contribution >= 0.6 is 35.4 Å². The van der Waals surface area contributed by atoms with Crippen molar-refractivity contribution in [1.29, 1.82) is 0 Å². The van der Waals surface area contributed by atoms with Crippen molar-refractivity contribution < 1.29 is 35.2 Å². The summed E-state index contributed by atoms with van der Waals surface area (Å²) in [4.78, 5) is -1.62. The number of alkyl halides is 6. The van der Waals surface area contributed by atoms with Crippen LogP contribution in [0.25, 0.3) is 5.69 Å². The molecule has 0 spiro atoms. The Kier molecular flexibility index (Phi) is 5.72. The van der Waals surface area contributed by atoms with Gasteiger partial charge in [-0.1, -0.05) is 35.4 Å². The van der Waals surface area contributed by atoms with Crippen molar-refractivity contribution in [1.82, 2.24) is 5.10 Å². The SMILES string of the molecule is NC(=S)c1[nH][n+](-c2c(Cl)cc(C(F)(F)F)cc2Cl)c(N)c1S(=O)C(F)(F)F. The topological polar surface area (TPSA) is 88.8 Å². The molecule has 1 heterocycles. The fraction of sp³-hybridized carbons (Fsp3) is 0.167. The second-order valence-corrected chi connectivity index (χ2v) is 7.56. The Morgan fingerprint density at radius 3 is 2.00 bits per heavy atom. The average Bonchev–Trinajstić information content (AvgIpc) is 2.81. The van der Waals surface area contributed by atoms with Gasteiger partial charge in [0.1, 0.15) is 10.7 Å². The Morgan fingerprint density at radius 2 is 1.63 bits per heavy atom. The summed E-state index contributed by atoms with van der Waals surface area (Å²) in [6.07, 6.45) is -4.77. The molecule has 0 saturated heterocycles. The number of aromatic amines is 1. The van der Waals surface area contributed by atoms with Crippen LogP contribution in [-0.2, 0) is 17.0 Å². The molecule has 148 valence electrons.